The summed E-state index contributed by atoms with van der Waals surface area (Å²) >= 11 is 1.69. The first-order chi connectivity index (χ1) is 8.27. The molecule has 0 aliphatic carbocycles. The Labute approximate surface area is 108 Å². The van der Waals surface area contributed by atoms with Crippen molar-refractivity contribution in [3.8, 4) is 0 Å². The average molecular weight is 266 g/mol. The highest BCUT2D eigenvalue weighted by Crippen LogP contribution is 2.23. The summed E-state index contributed by atoms with van der Waals surface area (Å²) in [5, 5.41) is 0. The van der Waals surface area contributed by atoms with E-state index in [4.69, 9.17) is 4.42 Å². The van der Waals surface area contributed by atoms with Gasteiger partial charge < -0.3 is 4.42 Å². The SMILES string of the molecule is Cc1occc1SCC[S@@](=O)c1ccccc1. The Balaban J connectivity index is 1.84. The fourth-order valence-electron chi connectivity index (χ4n) is 1.44. The summed E-state index contributed by atoms with van der Waals surface area (Å²) in [7, 11) is -0.903. The van der Waals surface area contributed by atoms with Crippen molar-refractivity contribution in [2.45, 2.75) is 16.7 Å². The van der Waals surface area contributed by atoms with Gasteiger partial charge in [0.2, 0.25) is 0 Å². The van der Waals surface area contributed by atoms with E-state index in [0.717, 1.165) is 21.3 Å². The van der Waals surface area contributed by atoms with Gasteiger partial charge in [0.1, 0.15) is 5.76 Å². The van der Waals surface area contributed by atoms with Crippen molar-refractivity contribution < 1.29 is 8.63 Å². The summed E-state index contributed by atoms with van der Waals surface area (Å²) in [4.78, 5) is 2.03. The van der Waals surface area contributed by atoms with Gasteiger partial charge in [-0.25, -0.2) is 0 Å². The van der Waals surface area contributed by atoms with Gasteiger partial charge in [-0.3, -0.25) is 4.21 Å². The second-order valence-electron chi connectivity index (χ2n) is 3.55. The lowest BCUT2D eigenvalue weighted by Gasteiger charge is -2.01. The minimum absolute atomic E-state index is 0.666. The molecule has 0 spiro atoms. The molecular weight excluding hydrogens is 252 g/mol. The van der Waals surface area contributed by atoms with Gasteiger partial charge in [0.15, 0.2) is 0 Å². The Morgan fingerprint density at radius 3 is 2.65 bits per heavy atom. The summed E-state index contributed by atoms with van der Waals surface area (Å²) in [6, 6.07) is 11.5. The summed E-state index contributed by atoms with van der Waals surface area (Å²) in [5.74, 6) is 2.43. The van der Waals surface area contributed by atoms with Crippen molar-refractivity contribution >= 4 is 22.6 Å². The van der Waals surface area contributed by atoms with Crippen molar-refractivity contribution in [2.75, 3.05) is 11.5 Å². The smallest absolute Gasteiger partial charge is 0.114 e. The van der Waals surface area contributed by atoms with E-state index in [2.05, 4.69) is 0 Å². The van der Waals surface area contributed by atoms with E-state index in [0.29, 0.717) is 5.75 Å². The molecule has 1 aromatic carbocycles. The normalized spacial score (nSPS) is 12.5. The Kier molecular flexibility index (Phi) is 4.45. The number of rotatable bonds is 5. The molecule has 0 bridgehead atoms. The molecule has 0 radical (unpaired) electrons. The second-order valence-corrected chi connectivity index (χ2v) is 6.26. The van der Waals surface area contributed by atoms with E-state index in [1.807, 2.05) is 43.3 Å². The number of hydrogen-bond donors (Lipinski definition) is 0. The third kappa shape index (κ3) is 3.48. The molecule has 0 aliphatic heterocycles. The average Bonchev–Trinajstić information content (AvgIpc) is 2.76. The zero-order valence-electron chi connectivity index (χ0n) is 9.59. The van der Waals surface area contributed by atoms with Crippen LogP contribution in [0.1, 0.15) is 5.76 Å². The molecule has 2 nitrogen and oxygen atoms in total. The van der Waals surface area contributed by atoms with Crippen molar-refractivity contribution in [3.63, 3.8) is 0 Å². The van der Waals surface area contributed by atoms with Crippen LogP contribution in [0.25, 0.3) is 0 Å². The molecule has 1 atom stereocenters. The van der Waals surface area contributed by atoms with Gasteiger partial charge in [-0.15, -0.1) is 11.8 Å². The summed E-state index contributed by atoms with van der Waals surface area (Å²) in [6.45, 7) is 1.94. The molecule has 0 saturated carbocycles. The molecule has 0 saturated heterocycles. The van der Waals surface area contributed by atoms with Gasteiger partial charge in [-0.2, -0.15) is 0 Å². The van der Waals surface area contributed by atoms with Crippen LogP contribution in [0.2, 0.25) is 0 Å². The summed E-state index contributed by atoms with van der Waals surface area (Å²) in [6.07, 6.45) is 1.69. The topological polar surface area (TPSA) is 30.2 Å². The lowest BCUT2D eigenvalue weighted by atomic mass is 10.4. The van der Waals surface area contributed by atoms with Crippen LogP contribution in [0.5, 0.6) is 0 Å². The predicted molar refractivity (Wildman–Crippen MR) is 71.9 cm³/mol. The Morgan fingerprint density at radius 1 is 1.24 bits per heavy atom. The first-order valence-electron chi connectivity index (χ1n) is 5.37. The predicted octanol–water partition coefficient (Wildman–Crippen LogP) is 3.49. The standard InChI is InChI=1S/C13H14O2S2/c1-11-13(7-8-15-11)16-9-10-17(14)12-5-3-2-4-6-12/h2-8H,9-10H2,1H3/t17-/m1/s1. The molecule has 0 aliphatic rings. The maximum atomic E-state index is 11.9. The summed E-state index contributed by atoms with van der Waals surface area (Å²) in [5.41, 5.74) is 0. The van der Waals surface area contributed by atoms with E-state index in [-0.39, 0.29) is 0 Å². The van der Waals surface area contributed by atoms with Crippen LogP contribution in [-0.2, 0) is 10.8 Å². The maximum Gasteiger partial charge on any atom is 0.114 e. The van der Waals surface area contributed by atoms with E-state index in [1.165, 1.54) is 0 Å². The number of furan rings is 1. The van der Waals surface area contributed by atoms with E-state index < -0.39 is 10.8 Å². The monoisotopic (exact) mass is 266 g/mol. The zero-order valence-corrected chi connectivity index (χ0v) is 11.2. The highest BCUT2D eigenvalue weighted by atomic mass is 32.2. The van der Waals surface area contributed by atoms with E-state index in [9.17, 15) is 4.21 Å². The molecule has 0 fully saturated rings. The fraction of sp³-hybridized carbons (Fsp3) is 0.231. The van der Waals surface area contributed by atoms with Crippen molar-refractivity contribution in [3.05, 3.63) is 48.4 Å². The molecule has 2 rings (SSSR count). The largest absolute Gasteiger partial charge is 0.468 e. The third-order valence-corrected chi connectivity index (χ3v) is 5.12. The van der Waals surface area contributed by atoms with Gasteiger partial charge in [0.05, 0.1) is 17.1 Å². The maximum absolute atomic E-state index is 11.9. The van der Waals surface area contributed by atoms with Gasteiger partial charge in [0, 0.05) is 21.3 Å². The minimum atomic E-state index is -0.903. The second kappa shape index (κ2) is 6.07. The highest BCUT2D eigenvalue weighted by Gasteiger charge is 2.05. The number of aryl methyl sites for hydroxylation is 1. The Hall–Kier alpha value is -1.00. The van der Waals surface area contributed by atoms with Gasteiger partial charge >= 0.3 is 0 Å². The lowest BCUT2D eigenvalue weighted by Crippen LogP contribution is -2.00. The quantitative estimate of drug-likeness (QED) is 0.776. The Bertz CT molecular complexity index is 491. The van der Waals surface area contributed by atoms with Crippen LogP contribution < -0.4 is 0 Å². The van der Waals surface area contributed by atoms with Crippen LogP contribution in [0.3, 0.4) is 0 Å². The van der Waals surface area contributed by atoms with E-state index in [1.54, 1.807) is 18.0 Å². The number of thioether (sulfide) groups is 1. The molecular formula is C13H14O2S2. The van der Waals surface area contributed by atoms with Crippen LogP contribution in [0.15, 0.2) is 56.9 Å². The third-order valence-electron chi connectivity index (χ3n) is 2.34. The first-order valence-corrected chi connectivity index (χ1v) is 7.68. The van der Waals surface area contributed by atoms with Crippen LogP contribution >= 0.6 is 11.8 Å². The molecule has 17 heavy (non-hydrogen) atoms. The summed E-state index contributed by atoms with van der Waals surface area (Å²) < 4.78 is 17.1. The lowest BCUT2D eigenvalue weighted by molar-refractivity contribution is 0.527. The van der Waals surface area contributed by atoms with Gasteiger partial charge in [-0.05, 0) is 25.1 Å². The molecule has 90 valence electrons. The minimum Gasteiger partial charge on any atom is -0.468 e. The highest BCUT2D eigenvalue weighted by molar-refractivity contribution is 8.00. The van der Waals surface area contributed by atoms with Gasteiger partial charge in [0.25, 0.3) is 0 Å². The van der Waals surface area contributed by atoms with Crippen LogP contribution in [0.4, 0.5) is 0 Å². The van der Waals surface area contributed by atoms with Crippen LogP contribution in [0, 0.1) is 6.92 Å². The molecule has 0 amide bonds. The van der Waals surface area contributed by atoms with Gasteiger partial charge in [-0.1, -0.05) is 18.2 Å². The first kappa shape index (κ1) is 12.5. The van der Waals surface area contributed by atoms with E-state index >= 15 is 0 Å². The molecule has 4 heteroatoms. The van der Waals surface area contributed by atoms with Crippen molar-refractivity contribution in [1.82, 2.24) is 0 Å². The zero-order chi connectivity index (χ0) is 12.1. The Morgan fingerprint density at radius 2 is 2.00 bits per heavy atom. The molecule has 0 N–H and O–H groups in total. The molecule has 1 aromatic heterocycles. The van der Waals surface area contributed by atoms with Crippen molar-refractivity contribution in [2.24, 2.45) is 0 Å². The molecule has 2 aromatic rings. The number of hydrogen-bond acceptors (Lipinski definition) is 3. The number of benzene rings is 1. The fourth-order valence-corrected chi connectivity index (χ4v) is 3.70. The molecule has 0 unspecified atom stereocenters. The molecule has 1 heterocycles. The van der Waals surface area contributed by atoms with Crippen LogP contribution in [-0.4, -0.2) is 15.7 Å². The van der Waals surface area contributed by atoms with Crippen molar-refractivity contribution in [1.29, 1.82) is 0 Å².